The second kappa shape index (κ2) is 4.34. The van der Waals surface area contributed by atoms with Crippen LogP contribution in [0.15, 0.2) is 42.5 Å². The van der Waals surface area contributed by atoms with Crippen molar-refractivity contribution in [2.24, 2.45) is 5.73 Å². The van der Waals surface area contributed by atoms with Crippen LogP contribution in [0.25, 0.3) is 15.8 Å². The number of benzene rings is 1. The number of nitrogens with zero attached hydrogens (tertiary/aromatic N) is 1. The fraction of sp³-hybridized carbons (Fsp3) is 0.267. The van der Waals surface area contributed by atoms with Gasteiger partial charge in [0.2, 0.25) is 0 Å². The molecule has 0 radical (unpaired) electrons. The van der Waals surface area contributed by atoms with Gasteiger partial charge in [-0.25, -0.2) is 4.98 Å². The van der Waals surface area contributed by atoms with Crippen molar-refractivity contribution in [3.05, 3.63) is 47.5 Å². The summed E-state index contributed by atoms with van der Waals surface area (Å²) >= 11 is 1.74. The first-order valence-corrected chi connectivity index (χ1v) is 7.00. The monoisotopic (exact) mass is 256 g/mol. The van der Waals surface area contributed by atoms with Crippen LogP contribution in [0, 0.1) is 0 Å². The summed E-state index contributed by atoms with van der Waals surface area (Å²) in [6.45, 7) is 2.07. The van der Waals surface area contributed by atoms with Crippen LogP contribution in [-0.4, -0.2) is 10.5 Å². The molecule has 0 aliphatic heterocycles. The summed E-state index contributed by atoms with van der Waals surface area (Å²) in [5, 5.41) is 1.09. The summed E-state index contributed by atoms with van der Waals surface area (Å²) in [4.78, 5) is 4.68. The van der Waals surface area contributed by atoms with E-state index < -0.39 is 0 Å². The van der Waals surface area contributed by atoms with Gasteiger partial charge < -0.3 is 5.73 Å². The molecule has 0 fully saturated rings. The van der Waals surface area contributed by atoms with E-state index in [9.17, 15) is 0 Å². The maximum absolute atomic E-state index is 6.16. The number of rotatable bonds is 1. The fourth-order valence-electron chi connectivity index (χ4n) is 2.12. The van der Waals surface area contributed by atoms with Gasteiger partial charge in [0, 0.05) is 11.1 Å². The predicted molar refractivity (Wildman–Crippen MR) is 78.6 cm³/mol. The molecule has 3 heteroatoms. The normalized spacial score (nSPS) is 24.0. The van der Waals surface area contributed by atoms with E-state index in [-0.39, 0.29) is 5.54 Å². The molecule has 1 aliphatic rings. The summed E-state index contributed by atoms with van der Waals surface area (Å²) in [7, 11) is 0. The van der Waals surface area contributed by atoms with Gasteiger partial charge in [0.05, 0.1) is 10.2 Å². The van der Waals surface area contributed by atoms with Crippen LogP contribution < -0.4 is 5.73 Å². The standard InChI is InChI=1S/C15H16N2S/c1-15(16)9-4-5-11(8-10-15)14-17-12-6-2-3-7-13(12)18-14/h2-3,5-8,10H,4,9,16H2,1H3. The van der Waals surface area contributed by atoms with Crippen LogP contribution >= 0.6 is 11.3 Å². The van der Waals surface area contributed by atoms with Crippen molar-refractivity contribution >= 4 is 27.1 Å². The number of thiazole rings is 1. The molecule has 1 aromatic heterocycles. The first kappa shape index (κ1) is 11.6. The number of hydrogen-bond donors (Lipinski definition) is 1. The molecule has 2 N–H and O–H groups in total. The lowest BCUT2D eigenvalue weighted by Crippen LogP contribution is -2.32. The molecule has 92 valence electrons. The van der Waals surface area contributed by atoms with E-state index in [1.54, 1.807) is 11.3 Å². The van der Waals surface area contributed by atoms with Gasteiger partial charge in [0.1, 0.15) is 5.01 Å². The molecule has 1 aliphatic carbocycles. The van der Waals surface area contributed by atoms with Crippen LogP contribution in [0.2, 0.25) is 0 Å². The van der Waals surface area contributed by atoms with Crippen molar-refractivity contribution in [1.29, 1.82) is 0 Å². The van der Waals surface area contributed by atoms with Gasteiger partial charge in [-0.15, -0.1) is 11.3 Å². The molecule has 0 saturated carbocycles. The third-order valence-corrected chi connectivity index (χ3v) is 4.32. The average Bonchev–Trinajstić information content (AvgIpc) is 2.68. The Labute approximate surface area is 111 Å². The highest BCUT2D eigenvalue weighted by molar-refractivity contribution is 7.19. The Kier molecular flexibility index (Phi) is 2.80. The summed E-state index contributed by atoms with van der Waals surface area (Å²) < 4.78 is 1.24. The van der Waals surface area contributed by atoms with Crippen molar-refractivity contribution in [3.63, 3.8) is 0 Å². The molecular weight excluding hydrogens is 240 g/mol. The van der Waals surface area contributed by atoms with E-state index >= 15 is 0 Å². The second-order valence-electron chi connectivity index (χ2n) is 5.02. The Bertz CT molecular complexity index is 602. The number of fused-ring (bicyclic) bond motifs is 1. The molecule has 2 aromatic rings. The molecule has 1 heterocycles. The van der Waals surface area contributed by atoms with E-state index in [2.05, 4.69) is 48.3 Å². The Morgan fingerprint density at radius 2 is 2.17 bits per heavy atom. The molecular formula is C15H16N2S. The highest BCUT2D eigenvalue weighted by atomic mass is 32.1. The Hall–Kier alpha value is -1.45. The first-order valence-electron chi connectivity index (χ1n) is 6.18. The van der Waals surface area contributed by atoms with Crippen LogP contribution in [0.3, 0.4) is 0 Å². The average molecular weight is 256 g/mol. The highest BCUT2D eigenvalue weighted by Gasteiger charge is 2.17. The molecule has 3 rings (SSSR count). The summed E-state index contributed by atoms with van der Waals surface area (Å²) in [6.07, 6.45) is 8.44. The summed E-state index contributed by atoms with van der Waals surface area (Å²) in [6, 6.07) is 8.26. The number of nitrogens with two attached hydrogens (primary N) is 1. The van der Waals surface area contributed by atoms with Crippen molar-refractivity contribution in [3.8, 4) is 0 Å². The molecule has 1 unspecified atom stereocenters. The third kappa shape index (κ3) is 2.24. The van der Waals surface area contributed by atoms with Gasteiger partial charge in [-0.05, 0) is 31.9 Å². The van der Waals surface area contributed by atoms with Gasteiger partial charge in [-0.1, -0.05) is 30.4 Å². The SMILES string of the molecule is CC1(N)C=CC(c2nc3ccccc3s2)=CCC1. The molecule has 0 spiro atoms. The topological polar surface area (TPSA) is 38.9 Å². The van der Waals surface area contributed by atoms with Crippen molar-refractivity contribution in [2.75, 3.05) is 0 Å². The van der Waals surface area contributed by atoms with Crippen molar-refractivity contribution < 1.29 is 0 Å². The Morgan fingerprint density at radius 3 is 3.00 bits per heavy atom. The minimum Gasteiger partial charge on any atom is -0.322 e. The first-order chi connectivity index (χ1) is 8.64. The summed E-state index contributed by atoms with van der Waals surface area (Å²) in [5.74, 6) is 0. The largest absolute Gasteiger partial charge is 0.322 e. The van der Waals surface area contributed by atoms with Crippen molar-refractivity contribution in [1.82, 2.24) is 4.98 Å². The Balaban J connectivity index is 2.01. The van der Waals surface area contributed by atoms with Crippen LogP contribution in [0.5, 0.6) is 0 Å². The van der Waals surface area contributed by atoms with Crippen LogP contribution in [0.1, 0.15) is 24.8 Å². The summed E-state index contributed by atoms with van der Waals surface area (Å²) in [5.41, 5.74) is 8.23. The Morgan fingerprint density at radius 1 is 1.33 bits per heavy atom. The number of aromatic nitrogens is 1. The third-order valence-electron chi connectivity index (χ3n) is 3.23. The van der Waals surface area contributed by atoms with E-state index in [1.807, 2.05) is 6.07 Å². The molecule has 2 nitrogen and oxygen atoms in total. The number of allylic oxidation sites excluding steroid dienone is 3. The zero-order chi connectivity index (χ0) is 12.6. The lowest BCUT2D eigenvalue weighted by molar-refractivity contribution is 0.542. The van der Waals surface area contributed by atoms with Gasteiger partial charge >= 0.3 is 0 Å². The molecule has 1 aromatic carbocycles. The maximum atomic E-state index is 6.16. The molecule has 18 heavy (non-hydrogen) atoms. The molecule has 0 amide bonds. The molecule has 0 bridgehead atoms. The van der Waals surface area contributed by atoms with Crippen molar-refractivity contribution in [2.45, 2.75) is 25.3 Å². The van der Waals surface area contributed by atoms with Gasteiger partial charge in [-0.3, -0.25) is 0 Å². The number of para-hydroxylation sites is 1. The highest BCUT2D eigenvalue weighted by Crippen LogP contribution is 2.30. The molecule has 0 saturated heterocycles. The maximum Gasteiger partial charge on any atom is 0.124 e. The van der Waals surface area contributed by atoms with Gasteiger partial charge in [0.15, 0.2) is 0 Å². The van der Waals surface area contributed by atoms with Crippen LogP contribution in [-0.2, 0) is 0 Å². The van der Waals surface area contributed by atoms with Gasteiger partial charge in [-0.2, -0.15) is 0 Å². The lowest BCUT2D eigenvalue weighted by atomic mass is 9.98. The predicted octanol–water partition coefficient (Wildman–Crippen LogP) is 3.75. The zero-order valence-corrected chi connectivity index (χ0v) is 11.2. The van der Waals surface area contributed by atoms with Crippen LogP contribution in [0.4, 0.5) is 0 Å². The van der Waals surface area contributed by atoms with Gasteiger partial charge in [0.25, 0.3) is 0 Å². The van der Waals surface area contributed by atoms with E-state index in [0.717, 1.165) is 23.4 Å². The fourth-order valence-corrected chi connectivity index (χ4v) is 3.11. The second-order valence-corrected chi connectivity index (χ2v) is 6.05. The zero-order valence-electron chi connectivity index (χ0n) is 10.4. The number of hydrogen-bond acceptors (Lipinski definition) is 3. The minimum absolute atomic E-state index is 0.199. The quantitative estimate of drug-likeness (QED) is 0.844. The lowest BCUT2D eigenvalue weighted by Gasteiger charge is -2.17. The smallest absolute Gasteiger partial charge is 0.124 e. The van der Waals surface area contributed by atoms with E-state index in [4.69, 9.17) is 5.73 Å². The minimum atomic E-state index is -0.199. The van der Waals surface area contributed by atoms with E-state index in [1.165, 1.54) is 10.3 Å². The molecule has 1 atom stereocenters. The van der Waals surface area contributed by atoms with E-state index in [0.29, 0.717) is 0 Å².